The summed E-state index contributed by atoms with van der Waals surface area (Å²) in [7, 11) is 0. The van der Waals surface area contributed by atoms with Crippen molar-refractivity contribution in [2.75, 3.05) is 0 Å². The Bertz CT molecular complexity index is 1640. The highest BCUT2D eigenvalue weighted by Gasteiger charge is 2.39. The summed E-state index contributed by atoms with van der Waals surface area (Å²) in [6, 6.07) is 22.1. The predicted octanol–water partition coefficient (Wildman–Crippen LogP) is 11.5. The van der Waals surface area contributed by atoms with Crippen LogP contribution in [0.25, 0.3) is 28.2 Å². The molecule has 4 nitrogen and oxygen atoms in total. The first kappa shape index (κ1) is 34.2. The van der Waals surface area contributed by atoms with Crippen molar-refractivity contribution in [1.29, 1.82) is 5.26 Å². The molecule has 0 saturated heterocycles. The molecule has 2 atom stereocenters. The van der Waals surface area contributed by atoms with Crippen molar-refractivity contribution in [2.24, 2.45) is 11.8 Å². The van der Waals surface area contributed by atoms with Gasteiger partial charge in [0.2, 0.25) is 0 Å². The van der Waals surface area contributed by atoms with Gasteiger partial charge in [-0.1, -0.05) is 118 Å². The Morgan fingerprint density at radius 2 is 1.51 bits per heavy atom. The van der Waals surface area contributed by atoms with E-state index in [-0.39, 0.29) is 5.41 Å². The largest absolute Gasteiger partial charge is 0.212 e. The summed E-state index contributed by atoms with van der Waals surface area (Å²) in [6.07, 6.45) is 4.46. The number of hydrogen-bond donors (Lipinski definition) is 0. The molecular weight excluding hydrogens is 548 g/mol. The standard InChI is InChI=1S/C41H54N4/c1-12-22-41(28(7)8,24-29(9)13-2)37-21-20-32(38-30(10)16-14-17-33(38)25-42)23-36(37)40-43-31(11)44-45(40)39-34(26(3)4)18-15-19-35(39)27(5)6/h14-21,23,26-29H,12-13,22,24H2,1-11H3. The molecule has 0 bridgehead atoms. The summed E-state index contributed by atoms with van der Waals surface area (Å²) >= 11 is 0. The van der Waals surface area contributed by atoms with Crippen molar-refractivity contribution in [3.05, 3.63) is 88.2 Å². The fourth-order valence-corrected chi connectivity index (χ4v) is 7.36. The van der Waals surface area contributed by atoms with Gasteiger partial charge in [-0.25, -0.2) is 9.67 Å². The van der Waals surface area contributed by atoms with Gasteiger partial charge in [-0.2, -0.15) is 10.4 Å². The fourth-order valence-electron chi connectivity index (χ4n) is 7.36. The number of nitriles is 1. The van der Waals surface area contributed by atoms with Gasteiger partial charge >= 0.3 is 0 Å². The number of hydrogen-bond acceptors (Lipinski definition) is 3. The van der Waals surface area contributed by atoms with E-state index < -0.39 is 0 Å². The second kappa shape index (κ2) is 14.2. The third kappa shape index (κ3) is 6.64. The molecule has 4 rings (SSSR count). The maximum atomic E-state index is 10.1. The first-order chi connectivity index (χ1) is 21.4. The molecular formula is C41H54N4. The van der Waals surface area contributed by atoms with E-state index in [4.69, 9.17) is 10.1 Å². The zero-order chi connectivity index (χ0) is 33.1. The van der Waals surface area contributed by atoms with Crippen LogP contribution in [0.1, 0.15) is 133 Å². The van der Waals surface area contributed by atoms with Crippen molar-refractivity contribution < 1.29 is 0 Å². The number of benzene rings is 3. The average Bonchev–Trinajstić information content (AvgIpc) is 3.40. The Morgan fingerprint density at radius 1 is 0.867 bits per heavy atom. The number of aryl methyl sites for hydroxylation is 2. The quantitative estimate of drug-likeness (QED) is 0.162. The van der Waals surface area contributed by atoms with Gasteiger partial charge in [0.05, 0.1) is 17.3 Å². The molecule has 1 heterocycles. The first-order valence-electron chi connectivity index (χ1n) is 17.1. The normalized spacial score (nSPS) is 13.8. The third-order valence-electron chi connectivity index (χ3n) is 9.96. The molecule has 4 aromatic rings. The smallest absolute Gasteiger partial charge is 0.163 e. The summed E-state index contributed by atoms with van der Waals surface area (Å²) in [5.74, 6) is 3.31. The molecule has 0 saturated carbocycles. The Balaban J connectivity index is 2.18. The van der Waals surface area contributed by atoms with Gasteiger partial charge in [0.1, 0.15) is 5.82 Å². The van der Waals surface area contributed by atoms with E-state index in [1.54, 1.807) is 0 Å². The summed E-state index contributed by atoms with van der Waals surface area (Å²) in [5.41, 5.74) is 9.97. The van der Waals surface area contributed by atoms with Gasteiger partial charge in [0, 0.05) is 11.1 Å². The van der Waals surface area contributed by atoms with E-state index in [9.17, 15) is 5.26 Å². The second-order valence-corrected chi connectivity index (χ2v) is 14.1. The minimum atomic E-state index is -0.0367. The van der Waals surface area contributed by atoms with Crippen LogP contribution in [0.2, 0.25) is 0 Å². The van der Waals surface area contributed by atoms with Crippen LogP contribution >= 0.6 is 0 Å². The van der Waals surface area contributed by atoms with E-state index in [0.717, 1.165) is 65.3 Å². The van der Waals surface area contributed by atoms with Crippen LogP contribution in [-0.2, 0) is 5.41 Å². The Labute approximate surface area is 272 Å². The molecule has 1 aromatic heterocycles. The van der Waals surface area contributed by atoms with Crippen molar-refractivity contribution in [2.45, 2.75) is 119 Å². The van der Waals surface area contributed by atoms with Crippen LogP contribution in [-0.4, -0.2) is 14.8 Å². The molecule has 0 aliphatic carbocycles. The average molecular weight is 603 g/mol. The van der Waals surface area contributed by atoms with Crippen LogP contribution in [0.15, 0.2) is 54.6 Å². The first-order valence-corrected chi connectivity index (χ1v) is 17.1. The zero-order valence-electron chi connectivity index (χ0n) is 29.6. The Kier molecular flexibility index (Phi) is 10.7. The van der Waals surface area contributed by atoms with Crippen LogP contribution in [0.3, 0.4) is 0 Å². The van der Waals surface area contributed by atoms with Gasteiger partial charge < -0.3 is 0 Å². The number of aromatic nitrogens is 3. The molecule has 3 aromatic carbocycles. The van der Waals surface area contributed by atoms with Crippen LogP contribution in [0.4, 0.5) is 0 Å². The predicted molar refractivity (Wildman–Crippen MR) is 190 cm³/mol. The minimum Gasteiger partial charge on any atom is -0.212 e. The minimum absolute atomic E-state index is 0.0367. The van der Waals surface area contributed by atoms with Gasteiger partial charge in [-0.05, 0) is 95.7 Å². The van der Waals surface area contributed by atoms with Crippen molar-refractivity contribution in [3.63, 3.8) is 0 Å². The summed E-state index contributed by atoms with van der Waals surface area (Å²) < 4.78 is 2.14. The maximum absolute atomic E-state index is 10.1. The summed E-state index contributed by atoms with van der Waals surface area (Å²) in [6.45, 7) is 25.0. The summed E-state index contributed by atoms with van der Waals surface area (Å²) in [4.78, 5) is 5.24. The molecule has 0 aliphatic rings. The Hall–Kier alpha value is -3.71. The van der Waals surface area contributed by atoms with Crippen molar-refractivity contribution in [3.8, 4) is 34.3 Å². The van der Waals surface area contributed by atoms with E-state index in [1.807, 2.05) is 19.1 Å². The highest BCUT2D eigenvalue weighted by atomic mass is 15.4. The van der Waals surface area contributed by atoms with Crippen LogP contribution in [0.5, 0.6) is 0 Å². The van der Waals surface area contributed by atoms with E-state index >= 15 is 0 Å². The molecule has 45 heavy (non-hydrogen) atoms. The lowest BCUT2D eigenvalue weighted by molar-refractivity contribution is 0.222. The Morgan fingerprint density at radius 3 is 2.07 bits per heavy atom. The number of para-hydroxylation sites is 1. The lowest BCUT2D eigenvalue weighted by Crippen LogP contribution is -2.35. The molecule has 0 N–H and O–H groups in total. The lowest BCUT2D eigenvalue weighted by Gasteiger charge is -2.42. The lowest BCUT2D eigenvalue weighted by atomic mass is 9.62. The molecule has 238 valence electrons. The highest BCUT2D eigenvalue weighted by Crippen LogP contribution is 2.48. The summed E-state index contributed by atoms with van der Waals surface area (Å²) in [5, 5.41) is 15.3. The van der Waals surface area contributed by atoms with Crippen molar-refractivity contribution >= 4 is 0 Å². The van der Waals surface area contributed by atoms with E-state index in [2.05, 4.69) is 122 Å². The van der Waals surface area contributed by atoms with Gasteiger partial charge in [0.15, 0.2) is 5.82 Å². The monoisotopic (exact) mass is 602 g/mol. The van der Waals surface area contributed by atoms with Crippen LogP contribution in [0, 0.1) is 37.0 Å². The van der Waals surface area contributed by atoms with Gasteiger partial charge in [-0.15, -0.1) is 0 Å². The van der Waals surface area contributed by atoms with E-state index in [1.165, 1.54) is 16.7 Å². The van der Waals surface area contributed by atoms with Gasteiger partial charge in [0.25, 0.3) is 0 Å². The van der Waals surface area contributed by atoms with E-state index in [0.29, 0.717) is 29.2 Å². The molecule has 0 aliphatic heterocycles. The SMILES string of the molecule is CCCC(CC(C)CC)(c1ccc(-c2c(C)cccc2C#N)cc1-c1nc(C)nn1-c1c(C(C)C)cccc1C(C)C)C(C)C. The molecule has 4 heteroatoms. The number of nitrogens with zero attached hydrogens (tertiary/aromatic N) is 4. The topological polar surface area (TPSA) is 54.5 Å². The van der Waals surface area contributed by atoms with Gasteiger partial charge in [-0.3, -0.25) is 0 Å². The molecule has 2 unspecified atom stereocenters. The third-order valence-corrected chi connectivity index (χ3v) is 9.96. The molecule has 0 radical (unpaired) electrons. The zero-order valence-corrected chi connectivity index (χ0v) is 29.6. The molecule has 0 amide bonds. The highest BCUT2D eigenvalue weighted by molar-refractivity contribution is 5.79. The fraction of sp³-hybridized carbons (Fsp3) is 0.488. The second-order valence-electron chi connectivity index (χ2n) is 14.1. The number of rotatable bonds is 12. The molecule has 0 spiro atoms. The maximum Gasteiger partial charge on any atom is 0.163 e. The van der Waals surface area contributed by atoms with Crippen molar-refractivity contribution in [1.82, 2.24) is 14.8 Å². The molecule has 0 fully saturated rings. The van der Waals surface area contributed by atoms with Crippen LogP contribution < -0.4 is 0 Å².